The van der Waals surface area contributed by atoms with Crippen LogP contribution >= 0.6 is 0 Å². The molecule has 7 heteroatoms. The molecule has 25 heavy (non-hydrogen) atoms. The van der Waals surface area contributed by atoms with Crippen LogP contribution in [0, 0.1) is 17.2 Å². The van der Waals surface area contributed by atoms with E-state index < -0.39 is 24.0 Å². The Hall–Kier alpha value is -2.75. The number of rotatable bonds is 8. The van der Waals surface area contributed by atoms with Gasteiger partial charge in [0.25, 0.3) is 5.91 Å². The highest BCUT2D eigenvalue weighted by molar-refractivity contribution is 5.82. The normalized spacial score (nSPS) is 15.4. The van der Waals surface area contributed by atoms with Gasteiger partial charge < -0.3 is 19.5 Å². The molecule has 1 aromatic rings. The van der Waals surface area contributed by atoms with Crippen molar-refractivity contribution in [2.24, 2.45) is 5.92 Å². The molecule has 0 aliphatic heterocycles. The van der Waals surface area contributed by atoms with Gasteiger partial charge in [0.2, 0.25) is 0 Å². The van der Waals surface area contributed by atoms with Crippen molar-refractivity contribution in [3.05, 3.63) is 23.8 Å². The molecule has 0 radical (unpaired) electrons. The lowest BCUT2D eigenvalue weighted by atomic mass is 9.98. The summed E-state index contributed by atoms with van der Waals surface area (Å²) in [5.41, 5.74) is -0.213. The summed E-state index contributed by atoms with van der Waals surface area (Å²) in [7, 11) is 3.04. The minimum Gasteiger partial charge on any atom is -0.493 e. The highest BCUT2D eigenvalue weighted by Gasteiger charge is 2.43. The molecule has 0 heterocycles. The van der Waals surface area contributed by atoms with Gasteiger partial charge in [-0.3, -0.25) is 9.59 Å². The number of amides is 1. The molecule has 2 rings (SSSR count). The Labute approximate surface area is 146 Å². The van der Waals surface area contributed by atoms with Crippen LogP contribution in [0.4, 0.5) is 0 Å². The molecule has 0 saturated heterocycles. The Balaban J connectivity index is 1.84. The van der Waals surface area contributed by atoms with Gasteiger partial charge in [-0.2, -0.15) is 5.26 Å². The second kappa shape index (κ2) is 7.88. The SMILES string of the molecule is COc1ccc(CC(=O)OCC(=O)N[C@@](C)(C#N)C2CC2)cc1OC. The average molecular weight is 346 g/mol. The van der Waals surface area contributed by atoms with Gasteiger partial charge in [-0.25, -0.2) is 0 Å². The summed E-state index contributed by atoms with van der Waals surface area (Å²) in [6.07, 6.45) is 1.85. The third-order valence-corrected chi connectivity index (χ3v) is 4.19. The quantitative estimate of drug-likeness (QED) is 0.718. The topological polar surface area (TPSA) is 97.6 Å². The highest BCUT2D eigenvalue weighted by Crippen LogP contribution is 2.39. The molecule has 1 aromatic carbocycles. The van der Waals surface area contributed by atoms with Crippen LogP contribution in [0.1, 0.15) is 25.3 Å². The Kier molecular flexibility index (Phi) is 5.86. The Morgan fingerprint density at radius 3 is 2.52 bits per heavy atom. The number of hydrogen-bond donors (Lipinski definition) is 1. The number of methoxy groups -OCH3 is 2. The van der Waals surface area contributed by atoms with Crippen LogP contribution in [-0.2, 0) is 20.7 Å². The van der Waals surface area contributed by atoms with E-state index in [1.165, 1.54) is 14.2 Å². The first-order valence-electron chi connectivity index (χ1n) is 8.00. The van der Waals surface area contributed by atoms with Crippen molar-refractivity contribution in [1.82, 2.24) is 5.32 Å². The van der Waals surface area contributed by atoms with E-state index in [-0.39, 0.29) is 12.3 Å². The van der Waals surface area contributed by atoms with Gasteiger partial charge in [0.1, 0.15) is 5.54 Å². The number of nitrogens with zero attached hydrogens (tertiary/aromatic N) is 1. The van der Waals surface area contributed by atoms with Gasteiger partial charge in [-0.1, -0.05) is 6.07 Å². The van der Waals surface area contributed by atoms with Crippen molar-refractivity contribution >= 4 is 11.9 Å². The highest BCUT2D eigenvalue weighted by atomic mass is 16.5. The molecule has 1 fully saturated rings. The largest absolute Gasteiger partial charge is 0.493 e. The first kappa shape index (κ1) is 18.6. The first-order chi connectivity index (χ1) is 11.9. The summed E-state index contributed by atoms with van der Waals surface area (Å²) in [6.45, 7) is 1.28. The number of nitrogens with one attached hydrogen (secondary N) is 1. The van der Waals surface area contributed by atoms with Gasteiger partial charge in [-0.05, 0) is 43.4 Å². The Morgan fingerprint density at radius 2 is 1.96 bits per heavy atom. The fraction of sp³-hybridized carbons (Fsp3) is 0.500. The van der Waals surface area contributed by atoms with Crippen molar-refractivity contribution in [2.45, 2.75) is 31.7 Å². The van der Waals surface area contributed by atoms with E-state index >= 15 is 0 Å². The molecule has 1 aliphatic rings. The lowest BCUT2D eigenvalue weighted by Crippen LogP contribution is -2.48. The lowest BCUT2D eigenvalue weighted by molar-refractivity contribution is -0.148. The van der Waals surface area contributed by atoms with Crippen LogP contribution < -0.4 is 14.8 Å². The molecule has 0 unspecified atom stereocenters. The summed E-state index contributed by atoms with van der Waals surface area (Å²) in [5.74, 6) is 0.239. The van der Waals surface area contributed by atoms with Crippen molar-refractivity contribution in [2.75, 3.05) is 20.8 Å². The summed E-state index contributed by atoms with van der Waals surface area (Å²) < 4.78 is 15.3. The standard InChI is InChI=1S/C18H22N2O5/c1-18(11-19,13-5-6-13)20-16(21)10-25-17(22)9-12-4-7-14(23-2)15(8-12)24-3/h4,7-8,13H,5-6,9-10H2,1-3H3,(H,20,21)/t18-/m0/s1. The number of benzene rings is 1. The van der Waals surface area contributed by atoms with Gasteiger partial charge in [0.15, 0.2) is 18.1 Å². The second-order valence-electron chi connectivity index (χ2n) is 6.16. The summed E-state index contributed by atoms with van der Waals surface area (Å²) >= 11 is 0. The minimum absolute atomic E-state index is 0.00573. The summed E-state index contributed by atoms with van der Waals surface area (Å²) in [6, 6.07) is 7.23. The third kappa shape index (κ3) is 4.86. The molecule has 0 aromatic heterocycles. The van der Waals surface area contributed by atoms with Crippen molar-refractivity contribution in [3.63, 3.8) is 0 Å². The number of carbonyl (C=O) groups is 2. The van der Waals surface area contributed by atoms with Gasteiger partial charge in [0.05, 0.1) is 26.7 Å². The zero-order valence-corrected chi connectivity index (χ0v) is 14.6. The van der Waals surface area contributed by atoms with E-state index in [4.69, 9.17) is 14.2 Å². The fourth-order valence-electron chi connectivity index (χ4n) is 2.56. The van der Waals surface area contributed by atoms with Gasteiger partial charge >= 0.3 is 5.97 Å². The maximum Gasteiger partial charge on any atom is 0.310 e. The number of carbonyl (C=O) groups excluding carboxylic acids is 2. The van der Waals surface area contributed by atoms with Crippen molar-refractivity contribution < 1.29 is 23.8 Å². The maximum absolute atomic E-state index is 11.9. The molecule has 1 amide bonds. The molecule has 0 spiro atoms. The summed E-state index contributed by atoms with van der Waals surface area (Å²) in [4.78, 5) is 23.8. The van der Waals surface area contributed by atoms with Crippen molar-refractivity contribution in [1.29, 1.82) is 5.26 Å². The van der Waals surface area contributed by atoms with Crippen molar-refractivity contribution in [3.8, 4) is 17.6 Å². The smallest absolute Gasteiger partial charge is 0.310 e. The van der Waals surface area contributed by atoms with E-state index in [9.17, 15) is 14.9 Å². The zero-order valence-electron chi connectivity index (χ0n) is 14.6. The molecular weight excluding hydrogens is 324 g/mol. The molecule has 1 aliphatic carbocycles. The number of hydrogen-bond acceptors (Lipinski definition) is 6. The Bertz CT molecular complexity index is 693. The number of esters is 1. The van der Waals surface area contributed by atoms with Crippen LogP contribution in [-0.4, -0.2) is 38.2 Å². The van der Waals surface area contributed by atoms with E-state index in [1.54, 1.807) is 25.1 Å². The first-order valence-corrected chi connectivity index (χ1v) is 8.00. The molecule has 1 N–H and O–H groups in total. The zero-order chi connectivity index (χ0) is 18.4. The molecule has 7 nitrogen and oxygen atoms in total. The number of nitriles is 1. The lowest BCUT2D eigenvalue weighted by Gasteiger charge is -2.22. The average Bonchev–Trinajstić information content (AvgIpc) is 3.45. The molecule has 134 valence electrons. The van der Waals surface area contributed by atoms with Gasteiger partial charge in [-0.15, -0.1) is 0 Å². The maximum atomic E-state index is 11.9. The third-order valence-electron chi connectivity index (χ3n) is 4.19. The predicted octanol–water partition coefficient (Wildman–Crippen LogP) is 1.60. The van der Waals surface area contributed by atoms with E-state index in [0.29, 0.717) is 17.1 Å². The predicted molar refractivity (Wildman–Crippen MR) is 89.1 cm³/mol. The van der Waals surface area contributed by atoms with E-state index in [2.05, 4.69) is 11.4 Å². The molecule has 1 saturated carbocycles. The van der Waals surface area contributed by atoms with Crippen LogP contribution in [0.2, 0.25) is 0 Å². The summed E-state index contributed by atoms with van der Waals surface area (Å²) in [5, 5.41) is 11.9. The molecule has 0 bridgehead atoms. The molecular formula is C18H22N2O5. The second-order valence-corrected chi connectivity index (χ2v) is 6.16. The monoisotopic (exact) mass is 346 g/mol. The number of ether oxygens (including phenoxy) is 3. The minimum atomic E-state index is -0.896. The van der Waals surface area contributed by atoms with Crippen LogP contribution in [0.15, 0.2) is 18.2 Å². The van der Waals surface area contributed by atoms with E-state index in [0.717, 1.165) is 12.8 Å². The van der Waals surface area contributed by atoms with Gasteiger partial charge in [0, 0.05) is 0 Å². The van der Waals surface area contributed by atoms with Crippen LogP contribution in [0.3, 0.4) is 0 Å². The Morgan fingerprint density at radius 1 is 1.28 bits per heavy atom. The fourth-order valence-corrected chi connectivity index (χ4v) is 2.56. The van der Waals surface area contributed by atoms with E-state index in [1.807, 2.05) is 0 Å². The van der Waals surface area contributed by atoms with Crippen LogP contribution in [0.25, 0.3) is 0 Å². The van der Waals surface area contributed by atoms with Crippen LogP contribution in [0.5, 0.6) is 11.5 Å². The molecule has 1 atom stereocenters.